The molecule has 90 valence electrons. The molecule has 4 heteroatoms. The number of aromatic nitrogens is 2. The minimum Gasteiger partial charge on any atom is -0.336 e. The highest BCUT2D eigenvalue weighted by Crippen LogP contribution is 2.13. The van der Waals surface area contributed by atoms with Crippen molar-refractivity contribution in [3.05, 3.63) is 18.7 Å². The van der Waals surface area contributed by atoms with Gasteiger partial charge in [-0.15, -0.1) is 0 Å². The lowest BCUT2D eigenvalue weighted by molar-refractivity contribution is 0.137. The van der Waals surface area contributed by atoms with E-state index >= 15 is 0 Å². The molecule has 0 spiro atoms. The lowest BCUT2D eigenvalue weighted by Gasteiger charge is -2.36. The van der Waals surface area contributed by atoms with E-state index < -0.39 is 0 Å². The first kappa shape index (κ1) is 11.6. The lowest BCUT2D eigenvalue weighted by atomic mass is 10.0. The topological polar surface area (TPSA) is 33.1 Å². The standard InChI is InChI=1S/C12H22N4/c1-11(8-15-7-5-14-10-15)16-6-3-4-12(9-16)13-2/h5,7,10-13H,3-4,6,8-9H2,1-2H3. The Balaban J connectivity index is 1.86. The van der Waals surface area contributed by atoms with Crippen molar-refractivity contribution in [2.45, 2.75) is 38.4 Å². The summed E-state index contributed by atoms with van der Waals surface area (Å²) in [6, 6.07) is 1.25. The van der Waals surface area contributed by atoms with E-state index in [-0.39, 0.29) is 0 Å². The maximum Gasteiger partial charge on any atom is 0.0946 e. The van der Waals surface area contributed by atoms with E-state index in [1.807, 2.05) is 18.7 Å². The molecule has 2 atom stereocenters. The van der Waals surface area contributed by atoms with Crippen LogP contribution in [0.1, 0.15) is 19.8 Å². The van der Waals surface area contributed by atoms with Gasteiger partial charge in [-0.2, -0.15) is 0 Å². The molecule has 0 radical (unpaired) electrons. The van der Waals surface area contributed by atoms with Crippen molar-refractivity contribution < 1.29 is 0 Å². The van der Waals surface area contributed by atoms with Crippen LogP contribution >= 0.6 is 0 Å². The van der Waals surface area contributed by atoms with Crippen molar-refractivity contribution in [3.8, 4) is 0 Å². The van der Waals surface area contributed by atoms with Crippen LogP contribution in [0.4, 0.5) is 0 Å². The van der Waals surface area contributed by atoms with Crippen molar-refractivity contribution in [2.24, 2.45) is 0 Å². The zero-order valence-corrected chi connectivity index (χ0v) is 10.3. The number of imidazole rings is 1. The molecule has 1 aliphatic heterocycles. The van der Waals surface area contributed by atoms with Gasteiger partial charge < -0.3 is 9.88 Å². The number of nitrogens with zero attached hydrogens (tertiary/aromatic N) is 3. The highest BCUT2D eigenvalue weighted by molar-refractivity contribution is 4.82. The number of nitrogens with one attached hydrogen (secondary N) is 1. The van der Waals surface area contributed by atoms with Gasteiger partial charge in [0.05, 0.1) is 6.33 Å². The molecule has 1 aliphatic rings. The summed E-state index contributed by atoms with van der Waals surface area (Å²) in [5.41, 5.74) is 0. The number of rotatable bonds is 4. The van der Waals surface area contributed by atoms with Gasteiger partial charge in [0.25, 0.3) is 0 Å². The molecule has 1 saturated heterocycles. The number of hydrogen-bond acceptors (Lipinski definition) is 3. The summed E-state index contributed by atoms with van der Waals surface area (Å²) in [5.74, 6) is 0. The van der Waals surface area contributed by atoms with E-state index in [9.17, 15) is 0 Å². The first-order valence-electron chi connectivity index (χ1n) is 6.16. The minimum absolute atomic E-state index is 0.588. The molecule has 1 N–H and O–H groups in total. The number of hydrogen-bond donors (Lipinski definition) is 1. The van der Waals surface area contributed by atoms with Crippen molar-refractivity contribution in [3.63, 3.8) is 0 Å². The average Bonchev–Trinajstić information content (AvgIpc) is 2.82. The van der Waals surface area contributed by atoms with Crippen LogP contribution in [-0.2, 0) is 6.54 Å². The van der Waals surface area contributed by atoms with Gasteiger partial charge in [-0.1, -0.05) is 0 Å². The summed E-state index contributed by atoms with van der Waals surface area (Å²) in [6.07, 6.45) is 8.40. The maximum atomic E-state index is 4.08. The Labute approximate surface area is 97.7 Å². The number of likely N-dealkylation sites (tertiary alicyclic amines) is 1. The highest BCUT2D eigenvalue weighted by Gasteiger charge is 2.22. The third kappa shape index (κ3) is 2.83. The lowest BCUT2D eigenvalue weighted by Crippen LogP contribution is -2.48. The van der Waals surface area contributed by atoms with Crippen LogP contribution in [0.15, 0.2) is 18.7 Å². The van der Waals surface area contributed by atoms with E-state index in [1.165, 1.54) is 25.9 Å². The molecule has 0 bridgehead atoms. The summed E-state index contributed by atoms with van der Waals surface area (Å²) in [6.45, 7) is 5.74. The Bertz CT molecular complexity index is 296. The van der Waals surface area contributed by atoms with E-state index in [0.717, 1.165) is 6.54 Å². The van der Waals surface area contributed by atoms with Gasteiger partial charge in [-0.25, -0.2) is 4.98 Å². The van der Waals surface area contributed by atoms with Crippen LogP contribution in [0.2, 0.25) is 0 Å². The van der Waals surface area contributed by atoms with Gasteiger partial charge in [-0.05, 0) is 33.4 Å². The summed E-state index contributed by atoms with van der Waals surface area (Å²) in [4.78, 5) is 6.66. The van der Waals surface area contributed by atoms with Gasteiger partial charge >= 0.3 is 0 Å². The van der Waals surface area contributed by atoms with Crippen LogP contribution in [0.5, 0.6) is 0 Å². The third-order valence-corrected chi connectivity index (χ3v) is 3.52. The fourth-order valence-corrected chi connectivity index (χ4v) is 2.46. The molecule has 0 aliphatic carbocycles. The SMILES string of the molecule is CNC1CCCN(C(C)Cn2ccnc2)C1. The molecule has 2 unspecified atom stereocenters. The predicted octanol–water partition coefficient (Wildman–Crippen LogP) is 0.955. The second-order valence-electron chi connectivity index (χ2n) is 4.73. The zero-order valence-electron chi connectivity index (χ0n) is 10.3. The average molecular weight is 222 g/mol. The van der Waals surface area contributed by atoms with Crippen molar-refractivity contribution in [2.75, 3.05) is 20.1 Å². The predicted molar refractivity (Wildman–Crippen MR) is 65.3 cm³/mol. The van der Waals surface area contributed by atoms with Crippen LogP contribution < -0.4 is 5.32 Å². The van der Waals surface area contributed by atoms with Crippen molar-refractivity contribution in [1.82, 2.24) is 19.8 Å². The molecule has 2 heterocycles. The van der Waals surface area contributed by atoms with Gasteiger partial charge in [-0.3, -0.25) is 4.90 Å². The monoisotopic (exact) mass is 222 g/mol. The maximum absolute atomic E-state index is 4.08. The van der Waals surface area contributed by atoms with Crippen LogP contribution in [0, 0.1) is 0 Å². The van der Waals surface area contributed by atoms with Crippen molar-refractivity contribution >= 4 is 0 Å². The smallest absolute Gasteiger partial charge is 0.0946 e. The Kier molecular flexibility index (Phi) is 3.96. The molecule has 0 aromatic carbocycles. The molecule has 4 nitrogen and oxygen atoms in total. The van der Waals surface area contributed by atoms with Gasteiger partial charge in [0.1, 0.15) is 0 Å². The largest absolute Gasteiger partial charge is 0.336 e. The van der Waals surface area contributed by atoms with Crippen LogP contribution in [0.25, 0.3) is 0 Å². The first-order chi connectivity index (χ1) is 7.79. The Morgan fingerprint density at radius 2 is 2.44 bits per heavy atom. The number of likely N-dealkylation sites (N-methyl/N-ethyl adjacent to an activating group) is 1. The third-order valence-electron chi connectivity index (χ3n) is 3.52. The molecule has 2 rings (SSSR count). The van der Waals surface area contributed by atoms with E-state index in [1.54, 1.807) is 0 Å². The summed E-state index contributed by atoms with van der Waals surface area (Å²) >= 11 is 0. The second-order valence-corrected chi connectivity index (χ2v) is 4.73. The van der Waals surface area contributed by atoms with Gasteiger partial charge in [0.15, 0.2) is 0 Å². The molecule has 0 saturated carbocycles. The first-order valence-corrected chi connectivity index (χ1v) is 6.16. The number of piperidine rings is 1. The zero-order chi connectivity index (χ0) is 11.4. The fraction of sp³-hybridized carbons (Fsp3) is 0.750. The summed E-state index contributed by atoms with van der Waals surface area (Å²) in [7, 11) is 2.06. The van der Waals surface area contributed by atoms with E-state index in [4.69, 9.17) is 0 Å². The molecule has 1 aromatic heterocycles. The second kappa shape index (κ2) is 5.46. The molecule has 0 amide bonds. The van der Waals surface area contributed by atoms with E-state index in [0.29, 0.717) is 12.1 Å². The Morgan fingerprint density at radius 1 is 1.56 bits per heavy atom. The Hall–Kier alpha value is -0.870. The minimum atomic E-state index is 0.588. The Morgan fingerprint density at radius 3 is 3.12 bits per heavy atom. The molecule has 16 heavy (non-hydrogen) atoms. The van der Waals surface area contributed by atoms with Crippen molar-refractivity contribution in [1.29, 1.82) is 0 Å². The van der Waals surface area contributed by atoms with E-state index in [2.05, 4.69) is 33.7 Å². The summed E-state index contributed by atoms with van der Waals surface area (Å²) < 4.78 is 2.16. The highest BCUT2D eigenvalue weighted by atomic mass is 15.2. The summed E-state index contributed by atoms with van der Waals surface area (Å²) in [5, 5.41) is 3.39. The van der Waals surface area contributed by atoms with Gasteiger partial charge in [0.2, 0.25) is 0 Å². The quantitative estimate of drug-likeness (QED) is 0.823. The molecular weight excluding hydrogens is 200 g/mol. The van der Waals surface area contributed by atoms with Crippen LogP contribution in [0.3, 0.4) is 0 Å². The molecule has 1 aromatic rings. The molecular formula is C12H22N4. The van der Waals surface area contributed by atoms with Crippen LogP contribution in [-0.4, -0.2) is 46.7 Å². The normalized spacial score (nSPS) is 24.5. The van der Waals surface area contributed by atoms with Gasteiger partial charge in [0, 0.05) is 37.6 Å². The fourth-order valence-electron chi connectivity index (χ4n) is 2.46. The molecule has 1 fully saturated rings.